The molecule has 0 unspecified atom stereocenters. The second-order valence-electron chi connectivity index (χ2n) is 8.25. The van der Waals surface area contributed by atoms with E-state index < -0.39 is 0 Å². The number of imidazole rings is 1. The van der Waals surface area contributed by atoms with Gasteiger partial charge in [0.25, 0.3) is 0 Å². The lowest BCUT2D eigenvalue weighted by Gasteiger charge is -2.11. The van der Waals surface area contributed by atoms with Crippen LogP contribution in [0.5, 0.6) is 5.75 Å². The second-order valence-corrected chi connectivity index (χ2v) is 8.25. The average molecular weight is 422 g/mol. The number of aromatic nitrogens is 2. The predicted molar refractivity (Wildman–Crippen MR) is 127 cm³/mol. The van der Waals surface area contributed by atoms with E-state index in [1.807, 2.05) is 13.0 Å². The van der Waals surface area contributed by atoms with Gasteiger partial charge >= 0.3 is 0 Å². The molecule has 1 amide bonds. The first kappa shape index (κ1) is 22.9. The van der Waals surface area contributed by atoms with Crippen LogP contribution in [0, 0.1) is 0 Å². The summed E-state index contributed by atoms with van der Waals surface area (Å²) in [7, 11) is 0. The van der Waals surface area contributed by atoms with Crippen LogP contribution in [0.25, 0.3) is 11.0 Å². The number of nitrogens with zero attached hydrogens (tertiary/aromatic N) is 2. The van der Waals surface area contributed by atoms with E-state index in [1.54, 1.807) is 0 Å². The van der Waals surface area contributed by atoms with Crippen molar-refractivity contribution in [1.29, 1.82) is 0 Å². The first-order chi connectivity index (χ1) is 15.1. The lowest BCUT2D eigenvalue weighted by molar-refractivity contribution is -0.120. The Morgan fingerprint density at radius 1 is 1.06 bits per heavy atom. The third-order valence-electron chi connectivity index (χ3n) is 5.55. The number of hydrogen-bond donors (Lipinski definition) is 1. The van der Waals surface area contributed by atoms with Crippen LogP contribution in [0.3, 0.4) is 0 Å². The van der Waals surface area contributed by atoms with E-state index in [-0.39, 0.29) is 5.91 Å². The number of benzene rings is 2. The van der Waals surface area contributed by atoms with E-state index >= 15 is 0 Å². The van der Waals surface area contributed by atoms with Gasteiger partial charge in [-0.15, -0.1) is 0 Å². The fourth-order valence-electron chi connectivity index (χ4n) is 3.68. The van der Waals surface area contributed by atoms with Crippen molar-refractivity contribution in [2.24, 2.45) is 0 Å². The van der Waals surface area contributed by atoms with Crippen molar-refractivity contribution in [2.75, 3.05) is 13.2 Å². The summed E-state index contributed by atoms with van der Waals surface area (Å²) in [4.78, 5) is 16.3. The summed E-state index contributed by atoms with van der Waals surface area (Å²) in [6, 6.07) is 16.7. The molecule has 0 fully saturated rings. The van der Waals surface area contributed by atoms with Crippen LogP contribution in [0.2, 0.25) is 0 Å². The first-order valence-electron chi connectivity index (χ1n) is 11.5. The van der Waals surface area contributed by atoms with Crippen LogP contribution < -0.4 is 10.1 Å². The molecule has 1 heterocycles. The SMILES string of the molecule is CCC(=O)NCCCc1nc2ccccc2n1CCCCOc1ccc(C(C)C)cc1. The number of fused-ring (bicyclic) bond motifs is 1. The maximum absolute atomic E-state index is 11.4. The standard InChI is InChI=1S/C26H35N3O2/c1-4-26(30)27-17-9-12-25-28-23-10-5-6-11-24(23)29(25)18-7-8-19-31-22-15-13-21(14-16-22)20(2)3/h5-6,10-11,13-16,20H,4,7-9,12,17-19H2,1-3H3,(H,27,30). The molecule has 2 aromatic carbocycles. The lowest BCUT2D eigenvalue weighted by atomic mass is 10.0. The largest absolute Gasteiger partial charge is 0.494 e. The molecule has 0 aliphatic rings. The second kappa shape index (κ2) is 11.5. The smallest absolute Gasteiger partial charge is 0.219 e. The highest BCUT2D eigenvalue weighted by Gasteiger charge is 2.10. The van der Waals surface area contributed by atoms with Crippen LogP contribution in [0.1, 0.15) is 63.8 Å². The number of para-hydroxylation sites is 2. The van der Waals surface area contributed by atoms with Crippen LogP contribution in [-0.2, 0) is 17.8 Å². The zero-order chi connectivity index (χ0) is 22.1. The molecule has 0 spiro atoms. The fraction of sp³-hybridized carbons (Fsp3) is 0.462. The molecule has 1 N–H and O–H groups in total. The Hall–Kier alpha value is -2.82. The molecule has 3 aromatic rings. The molecule has 0 saturated carbocycles. The summed E-state index contributed by atoms with van der Waals surface area (Å²) in [6.45, 7) is 8.60. The van der Waals surface area contributed by atoms with E-state index in [0.717, 1.165) is 49.3 Å². The van der Waals surface area contributed by atoms with Crippen LogP contribution in [0.15, 0.2) is 48.5 Å². The van der Waals surface area contributed by atoms with Crippen LogP contribution in [0.4, 0.5) is 0 Å². The Balaban J connectivity index is 1.51. The van der Waals surface area contributed by atoms with E-state index in [2.05, 4.69) is 66.2 Å². The summed E-state index contributed by atoms with van der Waals surface area (Å²) in [5, 5.41) is 2.95. The van der Waals surface area contributed by atoms with E-state index in [1.165, 1.54) is 11.1 Å². The Kier molecular flexibility index (Phi) is 8.51. The van der Waals surface area contributed by atoms with Crippen molar-refractivity contribution >= 4 is 16.9 Å². The van der Waals surface area contributed by atoms with Crippen molar-refractivity contribution in [3.05, 3.63) is 59.9 Å². The van der Waals surface area contributed by atoms with E-state index in [9.17, 15) is 4.79 Å². The molecule has 0 bridgehead atoms. The molecule has 0 aliphatic carbocycles. The maximum atomic E-state index is 11.4. The van der Waals surface area contributed by atoms with Crippen molar-refractivity contribution < 1.29 is 9.53 Å². The van der Waals surface area contributed by atoms with Crippen molar-refractivity contribution in [1.82, 2.24) is 14.9 Å². The molecular weight excluding hydrogens is 386 g/mol. The Bertz CT molecular complexity index is 960. The van der Waals surface area contributed by atoms with Gasteiger partial charge < -0.3 is 14.6 Å². The molecule has 0 aliphatic heterocycles. The van der Waals surface area contributed by atoms with Gasteiger partial charge in [0.05, 0.1) is 17.6 Å². The van der Waals surface area contributed by atoms with Gasteiger partial charge in [-0.3, -0.25) is 4.79 Å². The zero-order valence-corrected chi connectivity index (χ0v) is 19.1. The molecule has 0 atom stereocenters. The third-order valence-corrected chi connectivity index (χ3v) is 5.55. The number of unbranched alkanes of at least 4 members (excludes halogenated alkanes) is 1. The number of hydrogen-bond acceptors (Lipinski definition) is 3. The van der Waals surface area contributed by atoms with Gasteiger partial charge in [-0.1, -0.05) is 45.0 Å². The Labute approximate surface area is 185 Å². The Morgan fingerprint density at radius 2 is 1.84 bits per heavy atom. The van der Waals surface area contributed by atoms with Gasteiger partial charge in [0.15, 0.2) is 0 Å². The van der Waals surface area contributed by atoms with Crippen LogP contribution in [-0.4, -0.2) is 28.6 Å². The number of ether oxygens (including phenoxy) is 1. The number of carbonyl (C=O) groups is 1. The van der Waals surface area contributed by atoms with Crippen molar-refractivity contribution in [3.63, 3.8) is 0 Å². The monoisotopic (exact) mass is 421 g/mol. The third kappa shape index (κ3) is 6.58. The highest BCUT2D eigenvalue weighted by Crippen LogP contribution is 2.20. The lowest BCUT2D eigenvalue weighted by Crippen LogP contribution is -2.23. The molecule has 5 nitrogen and oxygen atoms in total. The molecule has 3 rings (SSSR count). The average Bonchev–Trinajstić information content (AvgIpc) is 3.14. The minimum atomic E-state index is 0.104. The highest BCUT2D eigenvalue weighted by molar-refractivity contribution is 5.76. The molecule has 0 radical (unpaired) electrons. The summed E-state index contributed by atoms with van der Waals surface area (Å²) >= 11 is 0. The number of carbonyl (C=O) groups excluding carboxylic acids is 1. The number of rotatable bonds is 12. The fourth-order valence-corrected chi connectivity index (χ4v) is 3.68. The van der Waals surface area contributed by atoms with E-state index in [0.29, 0.717) is 25.5 Å². The number of amides is 1. The maximum Gasteiger partial charge on any atom is 0.219 e. The quantitative estimate of drug-likeness (QED) is 0.394. The van der Waals surface area contributed by atoms with Gasteiger partial charge in [-0.05, 0) is 55.0 Å². The number of nitrogens with one attached hydrogen (secondary N) is 1. The van der Waals surface area contributed by atoms with Gasteiger partial charge in [0, 0.05) is 25.9 Å². The van der Waals surface area contributed by atoms with Gasteiger partial charge in [-0.25, -0.2) is 4.98 Å². The summed E-state index contributed by atoms with van der Waals surface area (Å²) < 4.78 is 8.25. The molecule has 0 saturated heterocycles. The number of aryl methyl sites for hydroxylation is 2. The molecular formula is C26H35N3O2. The molecule has 166 valence electrons. The summed E-state index contributed by atoms with van der Waals surface area (Å²) in [5.41, 5.74) is 3.55. The summed E-state index contributed by atoms with van der Waals surface area (Å²) in [6.07, 6.45) is 4.30. The topological polar surface area (TPSA) is 56.2 Å². The van der Waals surface area contributed by atoms with Gasteiger partial charge in [0.1, 0.15) is 11.6 Å². The van der Waals surface area contributed by atoms with Crippen molar-refractivity contribution in [3.8, 4) is 5.75 Å². The first-order valence-corrected chi connectivity index (χ1v) is 11.5. The molecule has 1 aromatic heterocycles. The normalized spacial score (nSPS) is 11.2. The molecule has 5 heteroatoms. The van der Waals surface area contributed by atoms with Crippen molar-refractivity contribution in [2.45, 2.75) is 65.3 Å². The van der Waals surface area contributed by atoms with E-state index in [4.69, 9.17) is 9.72 Å². The Morgan fingerprint density at radius 3 is 2.58 bits per heavy atom. The van der Waals surface area contributed by atoms with Gasteiger partial charge in [0.2, 0.25) is 5.91 Å². The van der Waals surface area contributed by atoms with Crippen LogP contribution >= 0.6 is 0 Å². The zero-order valence-electron chi connectivity index (χ0n) is 19.1. The predicted octanol–water partition coefficient (Wildman–Crippen LogP) is 5.48. The molecule has 31 heavy (non-hydrogen) atoms. The highest BCUT2D eigenvalue weighted by atomic mass is 16.5. The minimum Gasteiger partial charge on any atom is -0.494 e. The summed E-state index contributed by atoms with van der Waals surface area (Å²) in [5.74, 6) is 2.67. The minimum absolute atomic E-state index is 0.104. The van der Waals surface area contributed by atoms with Gasteiger partial charge in [-0.2, -0.15) is 0 Å².